The van der Waals surface area contributed by atoms with Crippen molar-refractivity contribution in [2.45, 2.75) is 26.2 Å². The van der Waals surface area contributed by atoms with Gasteiger partial charge in [0.05, 0.1) is 11.8 Å². The van der Waals surface area contributed by atoms with E-state index in [2.05, 4.69) is 5.32 Å². The second kappa shape index (κ2) is 8.81. The summed E-state index contributed by atoms with van der Waals surface area (Å²) in [5.74, 6) is -2.92. The predicted molar refractivity (Wildman–Crippen MR) is 103 cm³/mol. The third kappa shape index (κ3) is 4.59. The van der Waals surface area contributed by atoms with Gasteiger partial charge in [0.15, 0.2) is 12.4 Å². The zero-order chi connectivity index (χ0) is 21.0. The number of allylic oxidation sites excluding steroid dienone is 2. The Labute approximate surface area is 167 Å². The first-order valence-corrected chi connectivity index (χ1v) is 9.49. The van der Waals surface area contributed by atoms with Crippen LogP contribution in [0.5, 0.6) is 0 Å². The summed E-state index contributed by atoms with van der Waals surface area (Å²) in [6.45, 7) is 0.750. The van der Waals surface area contributed by atoms with Crippen LogP contribution in [-0.4, -0.2) is 47.5 Å². The van der Waals surface area contributed by atoms with Gasteiger partial charge in [-0.25, -0.2) is 0 Å². The number of benzene rings is 1. The van der Waals surface area contributed by atoms with Gasteiger partial charge in [-0.1, -0.05) is 19.1 Å². The van der Waals surface area contributed by atoms with Gasteiger partial charge in [0, 0.05) is 17.7 Å². The Bertz CT molecular complexity index is 848. The molecule has 0 saturated carbocycles. The van der Waals surface area contributed by atoms with Crippen molar-refractivity contribution in [2.75, 3.05) is 18.5 Å². The first kappa shape index (κ1) is 20.4. The van der Waals surface area contributed by atoms with Gasteiger partial charge in [-0.15, -0.1) is 0 Å². The minimum absolute atomic E-state index is 0.139. The van der Waals surface area contributed by atoms with Gasteiger partial charge in [-0.05, 0) is 37.1 Å². The first-order valence-electron chi connectivity index (χ1n) is 9.49. The third-order valence-corrected chi connectivity index (χ3v) is 5.06. The molecule has 1 aliphatic heterocycles. The third-order valence-electron chi connectivity index (χ3n) is 5.06. The Hall–Kier alpha value is -3.29. The van der Waals surface area contributed by atoms with Crippen molar-refractivity contribution in [3.63, 3.8) is 0 Å². The van der Waals surface area contributed by atoms with E-state index < -0.39 is 36.7 Å². The van der Waals surface area contributed by atoms with E-state index in [1.165, 1.54) is 12.1 Å². The Balaban J connectivity index is 1.50. The lowest BCUT2D eigenvalue weighted by Crippen LogP contribution is -2.37. The highest BCUT2D eigenvalue weighted by Crippen LogP contribution is 2.34. The van der Waals surface area contributed by atoms with Crippen LogP contribution in [0.4, 0.5) is 5.69 Å². The van der Waals surface area contributed by atoms with E-state index in [9.17, 15) is 24.0 Å². The fourth-order valence-electron chi connectivity index (χ4n) is 3.42. The number of esters is 1. The van der Waals surface area contributed by atoms with E-state index in [4.69, 9.17) is 4.74 Å². The van der Waals surface area contributed by atoms with E-state index in [-0.39, 0.29) is 17.7 Å². The number of carbonyl (C=O) groups is 5. The first-order chi connectivity index (χ1) is 13.9. The SMILES string of the molecule is CCC(=O)Nc1ccc(C(=O)COC(=O)CN2C(=O)[C@H]3CC=CC[C@@H]3C2=O)cc1. The van der Waals surface area contributed by atoms with E-state index in [0.29, 0.717) is 30.5 Å². The number of amides is 3. The normalized spacial score (nSPS) is 20.4. The number of hydrogen-bond acceptors (Lipinski definition) is 6. The second-order valence-corrected chi connectivity index (χ2v) is 6.98. The minimum Gasteiger partial charge on any atom is -0.456 e. The number of Topliss-reactive ketones (excluding diaryl/α,β-unsaturated/α-hetero) is 1. The molecule has 1 saturated heterocycles. The van der Waals surface area contributed by atoms with E-state index in [1.807, 2.05) is 12.2 Å². The van der Waals surface area contributed by atoms with Crippen LogP contribution < -0.4 is 5.32 Å². The van der Waals surface area contributed by atoms with Crippen molar-refractivity contribution in [3.8, 4) is 0 Å². The molecular formula is C21H22N2O6. The average molecular weight is 398 g/mol. The topological polar surface area (TPSA) is 110 Å². The number of carbonyl (C=O) groups excluding carboxylic acids is 5. The minimum atomic E-state index is -0.807. The molecule has 3 amide bonds. The highest BCUT2D eigenvalue weighted by molar-refractivity contribution is 6.07. The van der Waals surface area contributed by atoms with E-state index >= 15 is 0 Å². The molecule has 8 heteroatoms. The summed E-state index contributed by atoms with van der Waals surface area (Å²) in [6, 6.07) is 6.21. The number of nitrogens with zero attached hydrogens (tertiary/aromatic N) is 1. The molecule has 0 spiro atoms. The molecule has 1 aromatic carbocycles. The summed E-state index contributed by atoms with van der Waals surface area (Å²) >= 11 is 0. The van der Waals surface area contributed by atoms with Crippen LogP contribution in [0.3, 0.4) is 0 Å². The maximum absolute atomic E-state index is 12.3. The predicted octanol–water partition coefficient (Wildman–Crippen LogP) is 1.71. The summed E-state index contributed by atoms with van der Waals surface area (Å²) in [5.41, 5.74) is 0.880. The van der Waals surface area contributed by atoms with Gasteiger partial charge >= 0.3 is 5.97 Å². The van der Waals surface area contributed by atoms with Gasteiger partial charge in [-0.3, -0.25) is 28.9 Å². The standard InChI is InChI=1S/C21H22N2O6/c1-2-18(25)22-14-9-7-13(8-10-14)17(24)12-29-19(26)11-23-20(27)15-5-3-4-6-16(15)21(23)28/h3-4,7-10,15-16H,2,5-6,11-12H2,1H3,(H,22,25)/t15-,16-/m0/s1. The van der Waals surface area contributed by atoms with Crippen molar-refractivity contribution in [1.29, 1.82) is 0 Å². The fraction of sp³-hybridized carbons (Fsp3) is 0.381. The van der Waals surface area contributed by atoms with Crippen LogP contribution in [0.1, 0.15) is 36.5 Å². The van der Waals surface area contributed by atoms with Crippen molar-refractivity contribution in [1.82, 2.24) is 4.90 Å². The maximum Gasteiger partial charge on any atom is 0.326 e. The Morgan fingerprint density at radius 2 is 1.62 bits per heavy atom. The smallest absolute Gasteiger partial charge is 0.326 e. The molecule has 1 aromatic rings. The summed E-state index contributed by atoms with van der Waals surface area (Å²) in [5, 5.41) is 2.67. The van der Waals surface area contributed by atoms with E-state index in [0.717, 1.165) is 4.90 Å². The molecule has 2 atom stereocenters. The second-order valence-electron chi connectivity index (χ2n) is 6.98. The zero-order valence-electron chi connectivity index (χ0n) is 16.1. The van der Waals surface area contributed by atoms with Crippen LogP contribution in [0.2, 0.25) is 0 Å². The van der Waals surface area contributed by atoms with Crippen LogP contribution in [0, 0.1) is 11.8 Å². The molecule has 0 unspecified atom stereocenters. The van der Waals surface area contributed by atoms with Crippen LogP contribution >= 0.6 is 0 Å². The lowest BCUT2D eigenvalue weighted by atomic mass is 9.85. The summed E-state index contributed by atoms with van der Waals surface area (Å²) < 4.78 is 4.96. The van der Waals surface area contributed by atoms with Crippen LogP contribution in [0.25, 0.3) is 0 Å². The molecule has 1 fully saturated rings. The van der Waals surface area contributed by atoms with Gasteiger partial charge in [0.25, 0.3) is 0 Å². The number of likely N-dealkylation sites (tertiary alicyclic amines) is 1. The number of imide groups is 1. The lowest BCUT2D eigenvalue weighted by molar-refractivity contribution is -0.152. The van der Waals surface area contributed by atoms with Gasteiger partial charge in [-0.2, -0.15) is 0 Å². The molecular weight excluding hydrogens is 376 g/mol. The summed E-state index contributed by atoms with van der Waals surface area (Å²) in [4.78, 5) is 61.2. The lowest BCUT2D eigenvalue weighted by Gasteiger charge is -2.14. The molecule has 29 heavy (non-hydrogen) atoms. The van der Waals surface area contributed by atoms with Gasteiger partial charge in [0.1, 0.15) is 6.54 Å². The Kier molecular flexibility index (Phi) is 6.21. The zero-order valence-corrected chi connectivity index (χ0v) is 16.1. The molecule has 8 nitrogen and oxygen atoms in total. The van der Waals surface area contributed by atoms with Crippen molar-refractivity contribution >= 4 is 35.2 Å². The molecule has 152 valence electrons. The van der Waals surface area contributed by atoms with Gasteiger partial charge in [0.2, 0.25) is 17.7 Å². The van der Waals surface area contributed by atoms with Crippen molar-refractivity contribution in [3.05, 3.63) is 42.0 Å². The fourth-order valence-corrected chi connectivity index (χ4v) is 3.42. The average Bonchev–Trinajstić information content (AvgIpc) is 2.97. The molecule has 2 aliphatic rings. The quantitative estimate of drug-likeness (QED) is 0.324. The van der Waals surface area contributed by atoms with Crippen molar-refractivity contribution in [2.24, 2.45) is 11.8 Å². The summed E-state index contributed by atoms with van der Waals surface area (Å²) in [6.07, 6.45) is 5.07. The van der Waals surface area contributed by atoms with Crippen LogP contribution in [0.15, 0.2) is 36.4 Å². The molecule has 1 N–H and O–H groups in total. The van der Waals surface area contributed by atoms with E-state index in [1.54, 1.807) is 19.1 Å². The molecule has 0 bridgehead atoms. The maximum atomic E-state index is 12.3. The summed E-state index contributed by atoms with van der Waals surface area (Å²) in [7, 11) is 0. The monoisotopic (exact) mass is 398 g/mol. The highest BCUT2D eigenvalue weighted by atomic mass is 16.5. The van der Waals surface area contributed by atoms with Crippen molar-refractivity contribution < 1.29 is 28.7 Å². The molecule has 0 aromatic heterocycles. The number of ether oxygens (including phenoxy) is 1. The number of hydrogen-bond donors (Lipinski definition) is 1. The number of ketones is 1. The number of fused-ring (bicyclic) bond motifs is 1. The number of nitrogens with one attached hydrogen (secondary N) is 1. The number of rotatable bonds is 7. The molecule has 1 aliphatic carbocycles. The van der Waals surface area contributed by atoms with Crippen LogP contribution in [-0.2, 0) is 23.9 Å². The highest BCUT2D eigenvalue weighted by Gasteiger charge is 2.47. The largest absolute Gasteiger partial charge is 0.456 e. The molecule has 1 heterocycles. The molecule has 0 radical (unpaired) electrons. The molecule has 3 rings (SSSR count). The number of anilines is 1. The Morgan fingerprint density at radius 3 is 2.17 bits per heavy atom. The Morgan fingerprint density at radius 1 is 1.03 bits per heavy atom. The van der Waals surface area contributed by atoms with Gasteiger partial charge < -0.3 is 10.1 Å².